The van der Waals surface area contributed by atoms with Gasteiger partial charge in [0.15, 0.2) is 0 Å². The number of hydrogen-bond acceptors (Lipinski definition) is 2. The third-order valence-corrected chi connectivity index (χ3v) is 3.79. The number of hydrogen-bond donors (Lipinski definition) is 1. The first-order valence-corrected chi connectivity index (χ1v) is 5.70. The van der Waals surface area contributed by atoms with Crippen LogP contribution in [0, 0.1) is 5.92 Å². The minimum atomic E-state index is 0.452. The first-order valence-electron chi connectivity index (χ1n) is 5.70. The molecule has 0 spiro atoms. The number of rotatable bonds is 1. The van der Waals surface area contributed by atoms with Crippen LogP contribution in [0.3, 0.4) is 0 Å². The Morgan fingerprint density at radius 1 is 1.23 bits per heavy atom. The van der Waals surface area contributed by atoms with Crippen LogP contribution in [0.15, 0.2) is 0 Å². The fourth-order valence-corrected chi connectivity index (χ4v) is 3.18. The Labute approximate surface area is 81.5 Å². The molecule has 1 aliphatic heterocycles. The summed E-state index contributed by atoms with van der Waals surface area (Å²) >= 11 is 0. The molecule has 13 heavy (non-hydrogen) atoms. The van der Waals surface area contributed by atoms with Gasteiger partial charge >= 0.3 is 0 Å². The minimum Gasteiger partial charge on any atom is -0.326 e. The molecule has 2 heteroatoms. The zero-order chi connectivity index (χ0) is 9.42. The van der Waals surface area contributed by atoms with Crippen LogP contribution in [-0.2, 0) is 0 Å². The second kappa shape index (κ2) is 3.58. The highest BCUT2D eigenvalue weighted by Gasteiger charge is 2.36. The van der Waals surface area contributed by atoms with Crippen molar-refractivity contribution in [3.63, 3.8) is 0 Å². The first-order chi connectivity index (χ1) is 6.18. The van der Waals surface area contributed by atoms with Crippen molar-refractivity contribution in [3.05, 3.63) is 0 Å². The lowest BCUT2D eigenvalue weighted by molar-refractivity contribution is 0.176. The molecule has 1 aliphatic carbocycles. The molecule has 1 saturated heterocycles. The van der Waals surface area contributed by atoms with E-state index >= 15 is 0 Å². The average Bonchev–Trinajstić information content (AvgIpc) is 2.58. The molecular formula is C11H22N2. The van der Waals surface area contributed by atoms with Crippen LogP contribution in [0.1, 0.15) is 39.5 Å². The fraction of sp³-hybridized carbons (Fsp3) is 1.00. The van der Waals surface area contributed by atoms with Gasteiger partial charge < -0.3 is 5.73 Å². The predicted octanol–water partition coefficient (Wildman–Crippen LogP) is 1.60. The fourth-order valence-electron chi connectivity index (χ4n) is 3.18. The Balaban J connectivity index is 1.99. The number of likely N-dealkylation sites (tertiary alicyclic amines) is 1. The molecule has 0 amide bonds. The van der Waals surface area contributed by atoms with Crippen LogP contribution < -0.4 is 5.73 Å². The van der Waals surface area contributed by atoms with Crippen molar-refractivity contribution in [2.45, 2.75) is 57.7 Å². The van der Waals surface area contributed by atoms with E-state index in [1.165, 1.54) is 32.2 Å². The van der Waals surface area contributed by atoms with Gasteiger partial charge in [-0.3, -0.25) is 4.90 Å². The number of nitrogens with zero attached hydrogens (tertiary/aromatic N) is 1. The van der Waals surface area contributed by atoms with E-state index in [9.17, 15) is 0 Å². The monoisotopic (exact) mass is 182 g/mol. The van der Waals surface area contributed by atoms with E-state index in [1.807, 2.05) is 0 Å². The van der Waals surface area contributed by atoms with Crippen LogP contribution in [0.2, 0.25) is 0 Å². The summed E-state index contributed by atoms with van der Waals surface area (Å²) in [4.78, 5) is 2.66. The summed E-state index contributed by atoms with van der Waals surface area (Å²) in [5, 5.41) is 0. The van der Waals surface area contributed by atoms with Crippen molar-refractivity contribution in [1.82, 2.24) is 4.90 Å². The highest BCUT2D eigenvalue weighted by molar-refractivity contribution is 4.93. The lowest BCUT2D eigenvalue weighted by Crippen LogP contribution is -2.46. The van der Waals surface area contributed by atoms with Crippen molar-refractivity contribution >= 4 is 0 Å². The maximum Gasteiger partial charge on any atom is 0.0250 e. The van der Waals surface area contributed by atoms with Gasteiger partial charge in [0, 0.05) is 24.7 Å². The van der Waals surface area contributed by atoms with Crippen molar-refractivity contribution < 1.29 is 0 Å². The van der Waals surface area contributed by atoms with E-state index in [4.69, 9.17) is 5.73 Å². The summed E-state index contributed by atoms with van der Waals surface area (Å²) in [6.45, 7) is 5.99. The van der Waals surface area contributed by atoms with E-state index in [0.717, 1.165) is 12.0 Å². The van der Waals surface area contributed by atoms with Crippen LogP contribution in [0.4, 0.5) is 0 Å². The van der Waals surface area contributed by atoms with Gasteiger partial charge in [0.2, 0.25) is 0 Å². The molecule has 2 nitrogen and oxygen atoms in total. The molecule has 4 atom stereocenters. The molecule has 0 aromatic heterocycles. The molecule has 2 aliphatic rings. The molecule has 1 heterocycles. The highest BCUT2D eigenvalue weighted by atomic mass is 15.2. The normalized spacial score (nSPS) is 47.3. The Morgan fingerprint density at radius 2 is 2.00 bits per heavy atom. The van der Waals surface area contributed by atoms with Gasteiger partial charge in [0.1, 0.15) is 0 Å². The SMILES string of the molecule is CC1CC(C)N(C2CCCC2N)C1. The van der Waals surface area contributed by atoms with E-state index < -0.39 is 0 Å². The largest absolute Gasteiger partial charge is 0.326 e. The topological polar surface area (TPSA) is 29.3 Å². The van der Waals surface area contributed by atoms with Crippen LogP contribution in [-0.4, -0.2) is 29.6 Å². The highest BCUT2D eigenvalue weighted by Crippen LogP contribution is 2.31. The summed E-state index contributed by atoms with van der Waals surface area (Å²) in [6.07, 6.45) is 5.27. The molecule has 0 aromatic carbocycles. The lowest BCUT2D eigenvalue weighted by Gasteiger charge is -2.31. The summed E-state index contributed by atoms with van der Waals surface area (Å²) in [5.74, 6) is 0.878. The van der Waals surface area contributed by atoms with Gasteiger partial charge in [-0.1, -0.05) is 13.3 Å². The maximum absolute atomic E-state index is 6.12. The minimum absolute atomic E-state index is 0.452. The second-order valence-electron chi connectivity index (χ2n) is 5.05. The standard InChI is InChI=1S/C11H22N2/c1-8-6-9(2)13(7-8)11-5-3-4-10(11)12/h8-11H,3-7,12H2,1-2H3. The smallest absolute Gasteiger partial charge is 0.0250 e. The van der Waals surface area contributed by atoms with Gasteiger partial charge in [0.25, 0.3) is 0 Å². The Kier molecular flexibility index (Phi) is 2.61. The Bertz CT molecular complexity index is 181. The summed E-state index contributed by atoms with van der Waals surface area (Å²) in [5.41, 5.74) is 6.12. The molecule has 76 valence electrons. The van der Waals surface area contributed by atoms with Gasteiger partial charge in [-0.25, -0.2) is 0 Å². The van der Waals surface area contributed by atoms with Gasteiger partial charge in [-0.2, -0.15) is 0 Å². The number of nitrogens with two attached hydrogens (primary N) is 1. The van der Waals surface area contributed by atoms with Gasteiger partial charge in [-0.15, -0.1) is 0 Å². The molecule has 2 N–H and O–H groups in total. The van der Waals surface area contributed by atoms with Crippen LogP contribution in [0.25, 0.3) is 0 Å². The molecule has 1 saturated carbocycles. The van der Waals surface area contributed by atoms with E-state index in [0.29, 0.717) is 12.1 Å². The molecule has 0 radical (unpaired) electrons. The third kappa shape index (κ3) is 1.75. The molecular weight excluding hydrogens is 160 g/mol. The molecule has 0 bridgehead atoms. The second-order valence-corrected chi connectivity index (χ2v) is 5.05. The summed E-state index contributed by atoms with van der Waals surface area (Å²) in [7, 11) is 0. The van der Waals surface area contributed by atoms with E-state index in [2.05, 4.69) is 18.7 Å². The predicted molar refractivity (Wildman–Crippen MR) is 55.6 cm³/mol. The van der Waals surface area contributed by atoms with Crippen molar-refractivity contribution in [2.24, 2.45) is 11.7 Å². The quantitative estimate of drug-likeness (QED) is 0.667. The molecule has 2 rings (SSSR count). The van der Waals surface area contributed by atoms with Gasteiger partial charge in [-0.05, 0) is 32.1 Å². The molecule has 4 unspecified atom stereocenters. The Hall–Kier alpha value is -0.0800. The molecule has 0 aromatic rings. The van der Waals surface area contributed by atoms with Crippen molar-refractivity contribution in [1.29, 1.82) is 0 Å². The Morgan fingerprint density at radius 3 is 2.46 bits per heavy atom. The first kappa shape index (κ1) is 9.47. The maximum atomic E-state index is 6.12. The van der Waals surface area contributed by atoms with E-state index in [1.54, 1.807) is 0 Å². The van der Waals surface area contributed by atoms with Crippen LogP contribution in [0.5, 0.6) is 0 Å². The zero-order valence-corrected chi connectivity index (χ0v) is 8.87. The summed E-state index contributed by atoms with van der Waals surface area (Å²) < 4.78 is 0. The van der Waals surface area contributed by atoms with Crippen molar-refractivity contribution in [2.75, 3.05) is 6.54 Å². The summed E-state index contributed by atoms with van der Waals surface area (Å²) in [6, 6.07) is 1.91. The third-order valence-electron chi connectivity index (χ3n) is 3.79. The van der Waals surface area contributed by atoms with Crippen LogP contribution >= 0.6 is 0 Å². The van der Waals surface area contributed by atoms with Crippen molar-refractivity contribution in [3.8, 4) is 0 Å². The van der Waals surface area contributed by atoms with Gasteiger partial charge in [0.05, 0.1) is 0 Å². The lowest BCUT2D eigenvalue weighted by atomic mass is 10.1. The average molecular weight is 182 g/mol. The zero-order valence-electron chi connectivity index (χ0n) is 8.87. The van der Waals surface area contributed by atoms with E-state index in [-0.39, 0.29) is 0 Å². The molecule has 2 fully saturated rings.